The Balaban J connectivity index is 2.42. The number of nitrogens with one attached hydrogen (secondary N) is 1. The molecule has 0 atom stereocenters. The van der Waals surface area contributed by atoms with E-state index in [1.807, 2.05) is 6.07 Å². The van der Waals surface area contributed by atoms with Gasteiger partial charge in [-0.25, -0.2) is 19.2 Å². The molecule has 0 saturated heterocycles. The minimum Gasteiger partial charge on any atom is -0.308 e. The van der Waals surface area contributed by atoms with Gasteiger partial charge in [0.2, 0.25) is 0 Å². The molecule has 0 saturated carbocycles. The third-order valence-corrected chi connectivity index (χ3v) is 4.44. The normalized spacial score (nSPS) is 11.1. The summed E-state index contributed by atoms with van der Waals surface area (Å²) in [6.45, 7) is 0. The minimum atomic E-state index is -3.63. The first kappa shape index (κ1) is 13.3. The molecule has 0 aliphatic heterocycles. The fourth-order valence-electron chi connectivity index (χ4n) is 1.59. The van der Waals surface area contributed by atoms with Gasteiger partial charge in [0.1, 0.15) is 5.82 Å². The monoisotopic (exact) mass is 278 g/mol. The summed E-state index contributed by atoms with van der Waals surface area (Å²) in [5, 5.41) is 0. The second kappa shape index (κ2) is 5.25. The van der Waals surface area contributed by atoms with Crippen molar-refractivity contribution in [2.24, 2.45) is 5.84 Å². The average molecular weight is 278 g/mol. The number of sulfonamides is 1. The van der Waals surface area contributed by atoms with Crippen molar-refractivity contribution in [3.8, 4) is 0 Å². The SMILES string of the molecule is CN(c1ccccc1)S(=O)(=O)c1ccnc(NN)c1. The molecule has 1 aromatic heterocycles. The van der Waals surface area contributed by atoms with Gasteiger partial charge in [-0.1, -0.05) is 18.2 Å². The standard InChI is InChI=1S/C12H14N4O2S/c1-16(10-5-3-2-4-6-10)19(17,18)11-7-8-14-12(9-11)15-13/h2-9H,13H2,1H3,(H,14,15). The average Bonchev–Trinajstić information content (AvgIpc) is 2.47. The molecule has 2 aromatic rings. The number of nitrogens with zero attached hydrogens (tertiary/aromatic N) is 2. The van der Waals surface area contributed by atoms with Crippen LogP contribution in [0.3, 0.4) is 0 Å². The van der Waals surface area contributed by atoms with E-state index in [1.54, 1.807) is 24.3 Å². The minimum absolute atomic E-state index is 0.127. The number of rotatable bonds is 4. The van der Waals surface area contributed by atoms with Gasteiger partial charge in [0.15, 0.2) is 0 Å². The molecule has 0 unspecified atom stereocenters. The summed E-state index contributed by atoms with van der Waals surface area (Å²) in [5.41, 5.74) is 2.91. The van der Waals surface area contributed by atoms with E-state index < -0.39 is 10.0 Å². The largest absolute Gasteiger partial charge is 0.308 e. The van der Waals surface area contributed by atoms with E-state index in [4.69, 9.17) is 5.84 Å². The van der Waals surface area contributed by atoms with E-state index >= 15 is 0 Å². The smallest absolute Gasteiger partial charge is 0.264 e. The summed E-state index contributed by atoms with van der Waals surface area (Å²) in [6.07, 6.45) is 1.39. The van der Waals surface area contributed by atoms with Gasteiger partial charge in [0, 0.05) is 19.3 Å². The summed E-state index contributed by atoms with van der Waals surface area (Å²) in [5.74, 6) is 5.52. The van der Waals surface area contributed by atoms with Crippen molar-refractivity contribution in [2.75, 3.05) is 16.8 Å². The van der Waals surface area contributed by atoms with Gasteiger partial charge in [0.05, 0.1) is 10.6 Å². The number of anilines is 2. The number of aromatic nitrogens is 1. The number of para-hydroxylation sites is 1. The first-order valence-corrected chi connectivity index (χ1v) is 6.96. The topological polar surface area (TPSA) is 88.3 Å². The highest BCUT2D eigenvalue weighted by atomic mass is 32.2. The number of benzene rings is 1. The summed E-state index contributed by atoms with van der Waals surface area (Å²) in [4.78, 5) is 4.01. The van der Waals surface area contributed by atoms with Gasteiger partial charge in [-0.05, 0) is 18.2 Å². The molecule has 0 bridgehead atoms. The lowest BCUT2D eigenvalue weighted by atomic mass is 10.3. The Hall–Kier alpha value is -2.12. The van der Waals surface area contributed by atoms with Crippen LogP contribution in [-0.2, 0) is 10.0 Å². The van der Waals surface area contributed by atoms with E-state index in [-0.39, 0.29) is 4.90 Å². The number of hydrazine groups is 1. The highest BCUT2D eigenvalue weighted by Crippen LogP contribution is 2.22. The summed E-state index contributed by atoms with van der Waals surface area (Å²) in [6, 6.07) is 11.6. The number of nitrogens with two attached hydrogens (primary N) is 1. The highest BCUT2D eigenvalue weighted by Gasteiger charge is 2.21. The first-order chi connectivity index (χ1) is 9.05. The maximum absolute atomic E-state index is 12.4. The molecule has 7 heteroatoms. The maximum Gasteiger partial charge on any atom is 0.264 e. The van der Waals surface area contributed by atoms with Crippen LogP contribution in [0, 0.1) is 0 Å². The first-order valence-electron chi connectivity index (χ1n) is 5.52. The van der Waals surface area contributed by atoms with Crippen LogP contribution < -0.4 is 15.6 Å². The molecule has 3 N–H and O–H groups in total. The maximum atomic E-state index is 12.4. The molecule has 0 amide bonds. The van der Waals surface area contributed by atoms with Crippen LogP contribution in [0.2, 0.25) is 0 Å². The molecule has 0 aliphatic carbocycles. The lowest BCUT2D eigenvalue weighted by molar-refractivity contribution is 0.594. The van der Waals surface area contributed by atoms with Crippen molar-refractivity contribution in [3.05, 3.63) is 48.7 Å². The Morgan fingerprint density at radius 1 is 1.21 bits per heavy atom. The van der Waals surface area contributed by atoms with Crippen LogP contribution in [0.5, 0.6) is 0 Å². The molecule has 0 spiro atoms. The number of pyridine rings is 1. The van der Waals surface area contributed by atoms with Crippen molar-refractivity contribution >= 4 is 21.5 Å². The second-order valence-corrected chi connectivity index (χ2v) is 5.80. The van der Waals surface area contributed by atoms with Crippen molar-refractivity contribution in [1.82, 2.24) is 4.98 Å². The van der Waals surface area contributed by atoms with Crippen molar-refractivity contribution in [1.29, 1.82) is 0 Å². The highest BCUT2D eigenvalue weighted by molar-refractivity contribution is 7.92. The van der Waals surface area contributed by atoms with Gasteiger partial charge >= 0.3 is 0 Å². The molecular formula is C12H14N4O2S. The van der Waals surface area contributed by atoms with Crippen LogP contribution in [0.15, 0.2) is 53.6 Å². The van der Waals surface area contributed by atoms with Crippen molar-refractivity contribution in [3.63, 3.8) is 0 Å². The van der Waals surface area contributed by atoms with Gasteiger partial charge in [-0.3, -0.25) is 4.31 Å². The summed E-state index contributed by atoms with van der Waals surface area (Å²) in [7, 11) is -2.13. The van der Waals surface area contributed by atoms with Crippen LogP contribution in [0.1, 0.15) is 0 Å². The van der Waals surface area contributed by atoms with E-state index in [1.165, 1.54) is 29.7 Å². The van der Waals surface area contributed by atoms with E-state index in [0.717, 1.165) is 0 Å². The number of nitrogen functional groups attached to an aromatic ring is 1. The molecule has 19 heavy (non-hydrogen) atoms. The Morgan fingerprint density at radius 3 is 2.53 bits per heavy atom. The lowest BCUT2D eigenvalue weighted by Crippen LogP contribution is -2.26. The Kier molecular flexibility index (Phi) is 3.68. The molecule has 0 fully saturated rings. The van der Waals surface area contributed by atoms with Crippen molar-refractivity contribution in [2.45, 2.75) is 4.90 Å². The Morgan fingerprint density at radius 2 is 1.89 bits per heavy atom. The van der Waals surface area contributed by atoms with Crippen LogP contribution in [-0.4, -0.2) is 20.4 Å². The van der Waals surface area contributed by atoms with E-state index in [2.05, 4.69) is 10.4 Å². The second-order valence-electron chi connectivity index (χ2n) is 3.83. The van der Waals surface area contributed by atoms with Gasteiger partial charge in [-0.15, -0.1) is 0 Å². The molecule has 2 rings (SSSR count). The zero-order chi connectivity index (χ0) is 13.9. The Labute approximate surface area is 111 Å². The zero-order valence-electron chi connectivity index (χ0n) is 10.3. The van der Waals surface area contributed by atoms with Crippen LogP contribution >= 0.6 is 0 Å². The number of hydrogen-bond acceptors (Lipinski definition) is 5. The van der Waals surface area contributed by atoms with Gasteiger partial charge < -0.3 is 5.43 Å². The molecule has 100 valence electrons. The van der Waals surface area contributed by atoms with Crippen molar-refractivity contribution < 1.29 is 8.42 Å². The molecule has 0 radical (unpaired) electrons. The number of hydrogen-bond donors (Lipinski definition) is 2. The molecule has 1 heterocycles. The predicted molar refractivity (Wildman–Crippen MR) is 74.1 cm³/mol. The third-order valence-electron chi connectivity index (χ3n) is 2.66. The fourth-order valence-corrected chi connectivity index (χ4v) is 2.79. The molecule has 0 aliphatic rings. The lowest BCUT2D eigenvalue weighted by Gasteiger charge is -2.19. The molecule has 1 aromatic carbocycles. The van der Waals surface area contributed by atoms with Gasteiger partial charge in [-0.2, -0.15) is 0 Å². The molecule has 6 nitrogen and oxygen atoms in total. The fraction of sp³-hybridized carbons (Fsp3) is 0.0833. The van der Waals surface area contributed by atoms with Crippen LogP contribution in [0.4, 0.5) is 11.5 Å². The summed E-state index contributed by atoms with van der Waals surface area (Å²) >= 11 is 0. The molecular weight excluding hydrogens is 264 g/mol. The van der Waals surface area contributed by atoms with Gasteiger partial charge in [0.25, 0.3) is 10.0 Å². The Bertz CT molecular complexity index is 658. The zero-order valence-corrected chi connectivity index (χ0v) is 11.1. The predicted octanol–water partition coefficient (Wildman–Crippen LogP) is 1.19. The summed E-state index contributed by atoms with van der Waals surface area (Å²) < 4.78 is 26.1. The quantitative estimate of drug-likeness (QED) is 0.648. The van der Waals surface area contributed by atoms with E-state index in [9.17, 15) is 8.42 Å². The van der Waals surface area contributed by atoms with E-state index in [0.29, 0.717) is 11.5 Å². The van der Waals surface area contributed by atoms with Crippen LogP contribution in [0.25, 0.3) is 0 Å². The third kappa shape index (κ3) is 2.67.